The normalized spacial score (nSPS) is 13.5. The average Bonchev–Trinajstić information content (AvgIpc) is 3.15. The lowest BCUT2D eigenvalue weighted by atomic mass is 9.97. The fourth-order valence-corrected chi connectivity index (χ4v) is 3.45. The lowest BCUT2D eigenvalue weighted by Gasteiger charge is -2.22. The summed E-state index contributed by atoms with van der Waals surface area (Å²) in [6.45, 7) is 4.17. The van der Waals surface area contributed by atoms with Crippen molar-refractivity contribution in [3.8, 4) is 0 Å². The number of para-hydroxylation sites is 2. The molecule has 0 aliphatic heterocycles. The van der Waals surface area contributed by atoms with Crippen molar-refractivity contribution in [3.63, 3.8) is 0 Å². The van der Waals surface area contributed by atoms with E-state index in [1.165, 1.54) is 6.20 Å². The summed E-state index contributed by atoms with van der Waals surface area (Å²) in [6.07, 6.45) is 2.36. The topological polar surface area (TPSA) is 90.6 Å². The highest BCUT2D eigenvalue weighted by Gasteiger charge is 2.25. The summed E-state index contributed by atoms with van der Waals surface area (Å²) < 4.78 is 0. The van der Waals surface area contributed by atoms with Gasteiger partial charge >= 0.3 is 0 Å². The number of nitrogens with one attached hydrogen (secondary N) is 3. The minimum atomic E-state index is -0.268. The molecule has 2 atom stereocenters. The van der Waals surface area contributed by atoms with Crippen LogP contribution >= 0.6 is 0 Å². The predicted octanol–water partition coefficient (Wildman–Crippen LogP) is 3.92. The van der Waals surface area contributed by atoms with Gasteiger partial charge in [0, 0.05) is 17.0 Å². The molecule has 3 N–H and O–H groups in total. The van der Waals surface area contributed by atoms with E-state index in [1.54, 1.807) is 18.2 Å². The van der Waals surface area contributed by atoms with Crippen molar-refractivity contribution in [2.45, 2.75) is 26.3 Å². The third kappa shape index (κ3) is 3.17. The SMILES string of the molecule is CCC(C)C(NC(=O)c1c[nH]c(=O)c2ccccc12)c1nc2ccccc2[nH]1. The van der Waals surface area contributed by atoms with Crippen LogP contribution in [0.1, 0.15) is 42.5 Å². The molecule has 142 valence electrons. The Hall–Kier alpha value is -3.41. The Morgan fingerprint density at radius 3 is 2.57 bits per heavy atom. The minimum absolute atomic E-state index is 0.179. The van der Waals surface area contributed by atoms with E-state index in [-0.39, 0.29) is 23.4 Å². The van der Waals surface area contributed by atoms with E-state index in [2.05, 4.69) is 34.1 Å². The molecule has 0 saturated carbocycles. The van der Waals surface area contributed by atoms with Crippen LogP contribution in [-0.4, -0.2) is 20.9 Å². The highest BCUT2D eigenvalue weighted by molar-refractivity contribution is 6.06. The first-order chi connectivity index (χ1) is 13.6. The van der Waals surface area contributed by atoms with Gasteiger partial charge in [-0.05, 0) is 24.1 Å². The maximum absolute atomic E-state index is 13.1. The quantitative estimate of drug-likeness (QED) is 0.494. The number of pyridine rings is 1. The van der Waals surface area contributed by atoms with Gasteiger partial charge in [0.15, 0.2) is 0 Å². The second-order valence-electron chi connectivity index (χ2n) is 7.05. The Labute approximate surface area is 162 Å². The summed E-state index contributed by atoms with van der Waals surface area (Å²) in [5, 5.41) is 4.25. The molecule has 0 radical (unpaired) electrons. The van der Waals surface area contributed by atoms with Gasteiger partial charge in [-0.1, -0.05) is 50.6 Å². The third-order valence-corrected chi connectivity index (χ3v) is 5.26. The van der Waals surface area contributed by atoms with Crippen molar-refractivity contribution in [2.75, 3.05) is 0 Å². The molecule has 4 aromatic rings. The summed E-state index contributed by atoms with van der Waals surface area (Å²) in [4.78, 5) is 35.8. The molecule has 0 spiro atoms. The first-order valence-corrected chi connectivity index (χ1v) is 9.44. The molecule has 4 rings (SSSR count). The molecule has 6 heteroatoms. The zero-order valence-corrected chi connectivity index (χ0v) is 15.8. The molecule has 28 heavy (non-hydrogen) atoms. The highest BCUT2D eigenvalue weighted by atomic mass is 16.2. The molecular formula is C22H22N4O2. The minimum Gasteiger partial charge on any atom is -0.342 e. The van der Waals surface area contributed by atoms with Gasteiger partial charge in [0.2, 0.25) is 0 Å². The third-order valence-electron chi connectivity index (χ3n) is 5.26. The Kier molecular flexibility index (Phi) is 4.69. The number of hydrogen-bond donors (Lipinski definition) is 3. The number of rotatable bonds is 5. The number of hydrogen-bond acceptors (Lipinski definition) is 3. The Morgan fingerprint density at radius 1 is 1.11 bits per heavy atom. The molecule has 2 unspecified atom stereocenters. The molecule has 2 aromatic heterocycles. The molecule has 0 aliphatic rings. The van der Waals surface area contributed by atoms with Gasteiger partial charge in [-0.2, -0.15) is 0 Å². The summed E-state index contributed by atoms with van der Waals surface area (Å²) in [7, 11) is 0. The van der Waals surface area contributed by atoms with Gasteiger partial charge in [0.05, 0.1) is 22.6 Å². The van der Waals surface area contributed by atoms with Gasteiger partial charge < -0.3 is 15.3 Å². The molecule has 0 aliphatic carbocycles. The summed E-state index contributed by atoms with van der Waals surface area (Å²) in [6, 6.07) is 14.7. The number of H-pyrrole nitrogens is 2. The number of imidazole rings is 1. The van der Waals surface area contributed by atoms with Crippen LogP contribution in [0.4, 0.5) is 0 Å². The smallest absolute Gasteiger partial charge is 0.255 e. The number of fused-ring (bicyclic) bond motifs is 2. The number of carbonyl (C=O) groups is 1. The fraction of sp³-hybridized carbons (Fsp3) is 0.227. The van der Waals surface area contributed by atoms with E-state index in [9.17, 15) is 9.59 Å². The predicted molar refractivity (Wildman–Crippen MR) is 110 cm³/mol. The van der Waals surface area contributed by atoms with Crippen LogP contribution in [0, 0.1) is 5.92 Å². The van der Waals surface area contributed by atoms with Crippen LogP contribution in [0.2, 0.25) is 0 Å². The zero-order valence-electron chi connectivity index (χ0n) is 15.8. The van der Waals surface area contributed by atoms with Crippen LogP contribution in [0.25, 0.3) is 21.8 Å². The number of nitrogens with zero attached hydrogens (tertiary/aromatic N) is 1. The summed E-state index contributed by atoms with van der Waals surface area (Å²) in [5.41, 5.74) is 2.05. The van der Waals surface area contributed by atoms with Crippen LogP contribution in [0.3, 0.4) is 0 Å². The van der Waals surface area contributed by atoms with Crippen molar-refractivity contribution in [1.29, 1.82) is 0 Å². The maximum atomic E-state index is 13.1. The van der Waals surface area contributed by atoms with Gasteiger partial charge in [0.25, 0.3) is 11.5 Å². The summed E-state index contributed by atoms with van der Waals surface area (Å²) in [5.74, 6) is 0.675. The molecule has 2 heterocycles. The van der Waals surface area contributed by atoms with Gasteiger partial charge in [0.1, 0.15) is 5.82 Å². The van der Waals surface area contributed by atoms with E-state index in [4.69, 9.17) is 0 Å². The van der Waals surface area contributed by atoms with Crippen molar-refractivity contribution in [1.82, 2.24) is 20.3 Å². The number of amides is 1. The largest absolute Gasteiger partial charge is 0.342 e. The standard InChI is InChI=1S/C22H22N4O2/c1-3-13(2)19(20-24-17-10-6-7-11-18(17)25-20)26-22(28)16-12-23-21(27)15-9-5-4-8-14(15)16/h4-13,19H,3H2,1-2H3,(H,23,27)(H,24,25)(H,26,28). The second kappa shape index (κ2) is 7.31. The molecule has 0 fully saturated rings. The van der Waals surface area contributed by atoms with E-state index < -0.39 is 0 Å². The molecule has 1 amide bonds. The van der Waals surface area contributed by atoms with Crippen molar-refractivity contribution >= 4 is 27.7 Å². The first-order valence-electron chi connectivity index (χ1n) is 9.44. The molecule has 0 saturated heterocycles. The molecule has 2 aromatic carbocycles. The zero-order chi connectivity index (χ0) is 19.7. The van der Waals surface area contributed by atoms with Crippen molar-refractivity contribution in [2.24, 2.45) is 5.92 Å². The maximum Gasteiger partial charge on any atom is 0.255 e. The van der Waals surface area contributed by atoms with Crippen molar-refractivity contribution < 1.29 is 4.79 Å². The van der Waals surface area contributed by atoms with Gasteiger partial charge in [-0.3, -0.25) is 9.59 Å². The number of carbonyl (C=O) groups excluding carboxylic acids is 1. The highest BCUT2D eigenvalue weighted by Crippen LogP contribution is 2.25. The lowest BCUT2D eigenvalue weighted by molar-refractivity contribution is 0.0922. The van der Waals surface area contributed by atoms with E-state index in [0.717, 1.165) is 23.3 Å². The van der Waals surface area contributed by atoms with Gasteiger partial charge in [-0.25, -0.2) is 4.98 Å². The van der Waals surface area contributed by atoms with E-state index >= 15 is 0 Å². The Balaban J connectivity index is 1.72. The van der Waals surface area contributed by atoms with Crippen LogP contribution in [0.5, 0.6) is 0 Å². The molecule has 6 nitrogen and oxygen atoms in total. The van der Waals surface area contributed by atoms with E-state index in [1.807, 2.05) is 30.3 Å². The molecule has 0 bridgehead atoms. The number of aromatic nitrogens is 3. The first kappa shape index (κ1) is 18.0. The number of benzene rings is 2. The Bertz CT molecular complexity index is 1170. The molecular weight excluding hydrogens is 352 g/mol. The monoisotopic (exact) mass is 374 g/mol. The Morgan fingerprint density at radius 2 is 1.82 bits per heavy atom. The summed E-state index contributed by atoms with van der Waals surface area (Å²) >= 11 is 0. The van der Waals surface area contributed by atoms with Gasteiger partial charge in [-0.15, -0.1) is 0 Å². The van der Waals surface area contributed by atoms with Crippen LogP contribution < -0.4 is 10.9 Å². The lowest BCUT2D eigenvalue weighted by Crippen LogP contribution is -2.33. The second-order valence-corrected chi connectivity index (χ2v) is 7.05. The van der Waals surface area contributed by atoms with E-state index in [0.29, 0.717) is 16.3 Å². The van der Waals surface area contributed by atoms with Crippen LogP contribution in [-0.2, 0) is 0 Å². The average molecular weight is 374 g/mol. The number of aromatic amines is 2. The van der Waals surface area contributed by atoms with Crippen LogP contribution in [0.15, 0.2) is 59.5 Å². The van der Waals surface area contributed by atoms with Crippen molar-refractivity contribution in [3.05, 3.63) is 76.5 Å². The fourth-order valence-electron chi connectivity index (χ4n) is 3.45.